The summed E-state index contributed by atoms with van der Waals surface area (Å²) in [6.07, 6.45) is -4.33. The van der Waals surface area contributed by atoms with Gasteiger partial charge in [-0.3, -0.25) is 4.79 Å². The minimum absolute atomic E-state index is 0.299. The van der Waals surface area contributed by atoms with E-state index in [4.69, 9.17) is 14.3 Å². The SMILES string of the molecule is COCCC(NC(=O)N1C[C@@H](C(F)(F)F)[C@H](C(=O)O)C1)c1ccc(C)o1. The molecular weight excluding hydrogens is 357 g/mol. The quantitative estimate of drug-likeness (QED) is 0.794. The number of ether oxygens (including phenoxy) is 1. The molecule has 1 aromatic rings. The topological polar surface area (TPSA) is 92.0 Å². The molecule has 1 aliphatic heterocycles. The van der Waals surface area contributed by atoms with Crippen LogP contribution < -0.4 is 5.32 Å². The van der Waals surface area contributed by atoms with E-state index in [9.17, 15) is 22.8 Å². The molecule has 146 valence electrons. The zero-order valence-electron chi connectivity index (χ0n) is 14.4. The largest absolute Gasteiger partial charge is 0.481 e. The van der Waals surface area contributed by atoms with Gasteiger partial charge in [-0.1, -0.05) is 0 Å². The number of aliphatic carboxylic acids is 1. The number of carboxylic acid groups (broad SMARTS) is 1. The van der Waals surface area contributed by atoms with Crippen LogP contribution in [0.2, 0.25) is 0 Å². The van der Waals surface area contributed by atoms with Crippen molar-refractivity contribution in [2.24, 2.45) is 11.8 Å². The minimum Gasteiger partial charge on any atom is -0.481 e. The highest BCUT2D eigenvalue weighted by molar-refractivity contribution is 5.78. The zero-order valence-corrected chi connectivity index (χ0v) is 14.4. The second kappa shape index (κ2) is 7.98. The molecule has 0 aromatic carbocycles. The van der Waals surface area contributed by atoms with Crippen molar-refractivity contribution in [2.45, 2.75) is 25.6 Å². The summed E-state index contributed by atoms with van der Waals surface area (Å²) in [5.74, 6) is -4.26. The molecule has 0 spiro atoms. The Kier molecular flexibility index (Phi) is 6.17. The molecule has 3 atom stereocenters. The normalized spacial score (nSPS) is 21.7. The average Bonchev–Trinajstić information content (AvgIpc) is 3.17. The molecule has 7 nitrogen and oxygen atoms in total. The lowest BCUT2D eigenvalue weighted by atomic mass is 9.96. The second-order valence-corrected chi connectivity index (χ2v) is 6.23. The molecule has 0 bridgehead atoms. The van der Waals surface area contributed by atoms with Gasteiger partial charge in [-0.25, -0.2) is 4.79 Å². The lowest BCUT2D eigenvalue weighted by Gasteiger charge is -2.22. The highest BCUT2D eigenvalue weighted by atomic mass is 19.4. The van der Waals surface area contributed by atoms with Gasteiger partial charge in [0.2, 0.25) is 0 Å². The highest BCUT2D eigenvalue weighted by Crippen LogP contribution is 2.37. The van der Waals surface area contributed by atoms with Crippen LogP contribution in [-0.4, -0.2) is 55.0 Å². The number of halogens is 3. The van der Waals surface area contributed by atoms with E-state index < -0.39 is 49.1 Å². The van der Waals surface area contributed by atoms with Crippen LogP contribution in [0.4, 0.5) is 18.0 Å². The van der Waals surface area contributed by atoms with E-state index in [1.807, 2.05) is 0 Å². The van der Waals surface area contributed by atoms with E-state index in [2.05, 4.69) is 5.32 Å². The first-order chi connectivity index (χ1) is 12.1. The highest BCUT2D eigenvalue weighted by Gasteiger charge is 2.53. The molecule has 1 fully saturated rings. The van der Waals surface area contributed by atoms with E-state index in [0.717, 1.165) is 4.90 Å². The van der Waals surface area contributed by atoms with Crippen molar-refractivity contribution in [1.82, 2.24) is 10.2 Å². The van der Waals surface area contributed by atoms with E-state index in [1.165, 1.54) is 7.11 Å². The van der Waals surface area contributed by atoms with E-state index in [1.54, 1.807) is 19.1 Å². The summed E-state index contributed by atoms with van der Waals surface area (Å²) in [4.78, 5) is 24.4. The Hall–Kier alpha value is -2.23. The first-order valence-corrected chi connectivity index (χ1v) is 8.03. The number of amides is 2. The van der Waals surface area contributed by atoms with Crippen molar-refractivity contribution in [2.75, 3.05) is 26.8 Å². The maximum Gasteiger partial charge on any atom is 0.394 e. The number of likely N-dealkylation sites (tertiary alicyclic amines) is 1. The van der Waals surface area contributed by atoms with Gasteiger partial charge in [-0.2, -0.15) is 13.2 Å². The van der Waals surface area contributed by atoms with Crippen LogP contribution in [0.3, 0.4) is 0 Å². The molecule has 1 aromatic heterocycles. The van der Waals surface area contributed by atoms with Gasteiger partial charge in [-0.15, -0.1) is 0 Å². The molecule has 1 unspecified atom stereocenters. The van der Waals surface area contributed by atoms with E-state index in [-0.39, 0.29) is 0 Å². The molecule has 1 saturated heterocycles. The molecule has 10 heteroatoms. The van der Waals surface area contributed by atoms with Crippen LogP contribution in [0.15, 0.2) is 16.5 Å². The number of rotatable bonds is 6. The van der Waals surface area contributed by atoms with Gasteiger partial charge in [0.25, 0.3) is 0 Å². The predicted octanol–water partition coefficient (Wildman–Crippen LogP) is 2.57. The third-order valence-corrected chi connectivity index (χ3v) is 4.36. The molecule has 2 rings (SSSR count). The van der Waals surface area contributed by atoms with Gasteiger partial charge in [0.1, 0.15) is 11.5 Å². The third kappa shape index (κ3) is 4.69. The van der Waals surface area contributed by atoms with Crippen LogP contribution >= 0.6 is 0 Å². The van der Waals surface area contributed by atoms with Crippen molar-refractivity contribution >= 4 is 12.0 Å². The summed E-state index contributed by atoms with van der Waals surface area (Å²) in [5, 5.41) is 11.6. The van der Waals surface area contributed by atoms with Crippen LogP contribution in [-0.2, 0) is 9.53 Å². The minimum atomic E-state index is -4.69. The zero-order chi connectivity index (χ0) is 19.5. The number of hydrogen-bond donors (Lipinski definition) is 2. The van der Waals surface area contributed by atoms with E-state index in [0.29, 0.717) is 24.5 Å². The van der Waals surface area contributed by atoms with E-state index >= 15 is 0 Å². The molecule has 0 aliphatic carbocycles. The fraction of sp³-hybridized carbons (Fsp3) is 0.625. The number of aryl methyl sites for hydroxylation is 1. The number of nitrogens with zero attached hydrogens (tertiary/aromatic N) is 1. The van der Waals surface area contributed by atoms with Crippen LogP contribution in [0, 0.1) is 18.8 Å². The first kappa shape index (κ1) is 20.1. The van der Waals surface area contributed by atoms with Crippen LogP contribution in [0.5, 0.6) is 0 Å². The van der Waals surface area contributed by atoms with Crippen molar-refractivity contribution in [3.63, 3.8) is 0 Å². The van der Waals surface area contributed by atoms with Crippen molar-refractivity contribution in [3.8, 4) is 0 Å². The third-order valence-electron chi connectivity index (χ3n) is 4.36. The number of urea groups is 1. The maximum atomic E-state index is 13.1. The Labute approximate surface area is 148 Å². The Morgan fingerprint density at radius 2 is 2.12 bits per heavy atom. The number of carbonyl (C=O) groups is 2. The summed E-state index contributed by atoms with van der Waals surface area (Å²) in [7, 11) is 1.48. The fourth-order valence-electron chi connectivity index (χ4n) is 2.95. The Morgan fingerprint density at radius 1 is 1.42 bits per heavy atom. The number of hydrogen-bond acceptors (Lipinski definition) is 4. The Bertz CT molecular complexity index is 646. The molecule has 0 radical (unpaired) electrons. The molecule has 1 aliphatic rings. The van der Waals surface area contributed by atoms with Gasteiger partial charge < -0.3 is 24.5 Å². The molecular formula is C16H21F3N2O5. The number of methoxy groups -OCH3 is 1. The molecule has 2 heterocycles. The fourth-order valence-corrected chi connectivity index (χ4v) is 2.95. The van der Waals surface area contributed by atoms with Crippen molar-refractivity contribution in [1.29, 1.82) is 0 Å². The summed E-state index contributed by atoms with van der Waals surface area (Å²) in [5.41, 5.74) is 0. The van der Waals surface area contributed by atoms with Gasteiger partial charge in [0.05, 0.1) is 17.9 Å². The van der Waals surface area contributed by atoms with Crippen LogP contribution in [0.25, 0.3) is 0 Å². The average molecular weight is 378 g/mol. The lowest BCUT2D eigenvalue weighted by Crippen LogP contribution is -2.41. The lowest BCUT2D eigenvalue weighted by molar-refractivity contribution is -0.187. The first-order valence-electron chi connectivity index (χ1n) is 8.03. The Balaban J connectivity index is 2.10. The van der Waals surface area contributed by atoms with Gasteiger partial charge in [0, 0.05) is 26.8 Å². The smallest absolute Gasteiger partial charge is 0.394 e. The molecule has 0 saturated carbocycles. The van der Waals surface area contributed by atoms with Crippen LogP contribution in [0.1, 0.15) is 24.0 Å². The molecule has 2 amide bonds. The Morgan fingerprint density at radius 3 is 2.58 bits per heavy atom. The summed E-state index contributed by atoms with van der Waals surface area (Å²) in [6.45, 7) is 0.832. The number of carboxylic acids is 1. The monoisotopic (exact) mass is 378 g/mol. The van der Waals surface area contributed by atoms with Gasteiger partial charge in [0.15, 0.2) is 0 Å². The summed E-state index contributed by atoms with van der Waals surface area (Å²) >= 11 is 0. The van der Waals surface area contributed by atoms with Gasteiger partial charge >= 0.3 is 18.2 Å². The second-order valence-electron chi connectivity index (χ2n) is 6.23. The number of carbonyl (C=O) groups excluding carboxylic acids is 1. The van der Waals surface area contributed by atoms with Crippen molar-refractivity contribution < 1.29 is 37.0 Å². The molecule has 2 N–H and O–H groups in total. The van der Waals surface area contributed by atoms with Crippen molar-refractivity contribution in [3.05, 3.63) is 23.7 Å². The summed E-state index contributed by atoms with van der Waals surface area (Å²) < 4.78 is 49.6. The number of furan rings is 1. The predicted molar refractivity (Wildman–Crippen MR) is 83.5 cm³/mol. The van der Waals surface area contributed by atoms with Gasteiger partial charge in [-0.05, 0) is 25.5 Å². The number of nitrogens with one attached hydrogen (secondary N) is 1. The number of alkyl halides is 3. The maximum absolute atomic E-state index is 13.1. The molecule has 26 heavy (non-hydrogen) atoms. The standard InChI is InChI=1S/C16H21F3N2O5/c1-9-3-4-13(26-9)12(5-6-25-2)20-15(24)21-7-10(14(22)23)11(8-21)16(17,18)19/h3-4,10-12H,5-8H2,1-2H3,(H,20,24)(H,22,23)/t10-,11-,12?/m1/s1. The summed E-state index contributed by atoms with van der Waals surface area (Å²) in [6, 6.07) is 2.01.